The van der Waals surface area contributed by atoms with Crippen LogP contribution in [0.5, 0.6) is 0 Å². The number of rotatable bonds is 6. The third kappa shape index (κ3) is 4.37. The Balaban J connectivity index is 2.94. The molecule has 0 aliphatic carbocycles. The summed E-state index contributed by atoms with van der Waals surface area (Å²) in [4.78, 5) is 13.9. The van der Waals surface area contributed by atoms with Crippen molar-refractivity contribution in [2.24, 2.45) is 5.73 Å². The molecule has 0 aliphatic rings. The smallest absolute Gasteiger partial charge is 0.224 e. The van der Waals surface area contributed by atoms with E-state index in [2.05, 4.69) is 0 Å². The molecule has 3 nitrogen and oxygen atoms in total. The van der Waals surface area contributed by atoms with Gasteiger partial charge in [0.05, 0.1) is 16.1 Å². The number of hydrogen-bond acceptors (Lipinski definition) is 2. The van der Waals surface area contributed by atoms with Crippen molar-refractivity contribution in [1.29, 1.82) is 0 Å². The highest BCUT2D eigenvalue weighted by Crippen LogP contribution is 2.28. The quantitative estimate of drug-likeness (QED) is 0.872. The van der Waals surface area contributed by atoms with Gasteiger partial charge in [-0.1, -0.05) is 36.2 Å². The number of amides is 1. The second kappa shape index (κ2) is 7.73. The molecule has 0 saturated carbocycles. The molecule has 1 amide bonds. The molecule has 1 aromatic carbocycles. The molecule has 0 aliphatic heterocycles. The van der Waals surface area contributed by atoms with E-state index in [9.17, 15) is 4.79 Å². The summed E-state index contributed by atoms with van der Waals surface area (Å²) in [5.41, 5.74) is 6.44. The lowest BCUT2D eigenvalue weighted by atomic mass is 10.1. The van der Waals surface area contributed by atoms with Gasteiger partial charge in [-0.15, -0.1) is 0 Å². The van der Waals surface area contributed by atoms with Crippen LogP contribution in [0.4, 0.5) is 0 Å². The molecule has 1 rings (SSSR count). The highest BCUT2D eigenvalue weighted by atomic mass is 35.5. The van der Waals surface area contributed by atoms with Gasteiger partial charge in [0, 0.05) is 19.5 Å². The highest BCUT2D eigenvalue weighted by molar-refractivity contribution is 6.42. The molecule has 0 heterocycles. The Morgan fingerprint density at radius 1 is 1.37 bits per heavy atom. The predicted octanol–water partition coefficient (Wildman–Crippen LogP) is 3.64. The molecule has 0 spiro atoms. The van der Waals surface area contributed by atoms with Gasteiger partial charge in [-0.3, -0.25) is 4.79 Å². The maximum atomic E-state index is 12.1. The number of nitrogens with zero attached hydrogens (tertiary/aromatic N) is 1. The summed E-state index contributed by atoms with van der Waals surface area (Å²) in [5, 5.41) is 1.03. The van der Waals surface area contributed by atoms with Gasteiger partial charge >= 0.3 is 0 Å². The van der Waals surface area contributed by atoms with Crippen LogP contribution in [-0.2, 0) is 4.79 Å². The second-order valence-corrected chi connectivity index (χ2v) is 5.29. The van der Waals surface area contributed by atoms with E-state index in [-0.39, 0.29) is 11.9 Å². The molecule has 1 aromatic rings. The molecule has 0 saturated heterocycles. The van der Waals surface area contributed by atoms with Gasteiger partial charge in [0.25, 0.3) is 0 Å². The summed E-state index contributed by atoms with van der Waals surface area (Å²) in [7, 11) is 0. The SMILES string of the molecule is CCCN(C(=O)CCN)C(C)c1ccc(Cl)c(Cl)c1. The fraction of sp³-hybridized carbons (Fsp3) is 0.500. The molecule has 106 valence electrons. The molecular formula is C14H20Cl2N2O. The first-order chi connectivity index (χ1) is 9.01. The Labute approximate surface area is 124 Å². The van der Waals surface area contributed by atoms with Crippen LogP contribution in [0.15, 0.2) is 18.2 Å². The van der Waals surface area contributed by atoms with E-state index in [0.717, 1.165) is 12.0 Å². The van der Waals surface area contributed by atoms with Crippen LogP contribution in [0.2, 0.25) is 10.0 Å². The highest BCUT2D eigenvalue weighted by Gasteiger charge is 2.20. The van der Waals surface area contributed by atoms with Gasteiger partial charge in [-0.05, 0) is 31.0 Å². The fourth-order valence-corrected chi connectivity index (χ4v) is 2.30. The maximum absolute atomic E-state index is 12.1. The Hall–Kier alpha value is -0.770. The standard InChI is InChI=1S/C14H20Cl2N2O/c1-3-8-18(14(19)6-7-17)10(2)11-4-5-12(15)13(16)9-11/h4-5,9-10H,3,6-8,17H2,1-2H3. The van der Waals surface area contributed by atoms with Gasteiger partial charge in [-0.2, -0.15) is 0 Å². The topological polar surface area (TPSA) is 46.3 Å². The molecule has 0 aromatic heterocycles. The summed E-state index contributed by atoms with van der Waals surface area (Å²) in [6, 6.07) is 5.44. The van der Waals surface area contributed by atoms with E-state index >= 15 is 0 Å². The molecule has 19 heavy (non-hydrogen) atoms. The summed E-state index contributed by atoms with van der Waals surface area (Å²) < 4.78 is 0. The molecule has 0 bridgehead atoms. The summed E-state index contributed by atoms with van der Waals surface area (Å²) in [6.45, 7) is 5.11. The van der Waals surface area contributed by atoms with Gasteiger partial charge < -0.3 is 10.6 Å². The summed E-state index contributed by atoms with van der Waals surface area (Å²) in [6.07, 6.45) is 1.27. The van der Waals surface area contributed by atoms with Gasteiger partial charge in [0.2, 0.25) is 5.91 Å². The molecule has 5 heteroatoms. The molecule has 2 N–H and O–H groups in total. The van der Waals surface area contributed by atoms with E-state index in [1.807, 2.05) is 30.9 Å². The first kappa shape index (κ1) is 16.3. The van der Waals surface area contributed by atoms with E-state index in [1.165, 1.54) is 0 Å². The van der Waals surface area contributed by atoms with Crippen LogP contribution in [0.3, 0.4) is 0 Å². The fourth-order valence-electron chi connectivity index (χ4n) is 1.99. The zero-order valence-electron chi connectivity index (χ0n) is 11.3. The first-order valence-electron chi connectivity index (χ1n) is 6.45. The van der Waals surface area contributed by atoms with Crippen molar-refractivity contribution in [1.82, 2.24) is 4.90 Å². The number of carbonyl (C=O) groups excluding carboxylic acids is 1. The van der Waals surface area contributed by atoms with Crippen molar-refractivity contribution < 1.29 is 4.79 Å². The van der Waals surface area contributed by atoms with E-state index in [0.29, 0.717) is 29.6 Å². The van der Waals surface area contributed by atoms with Crippen LogP contribution in [0.1, 0.15) is 38.3 Å². The number of nitrogens with two attached hydrogens (primary N) is 1. The van der Waals surface area contributed by atoms with E-state index < -0.39 is 0 Å². The molecule has 0 radical (unpaired) electrons. The lowest BCUT2D eigenvalue weighted by molar-refractivity contribution is -0.133. The van der Waals surface area contributed by atoms with Crippen molar-refractivity contribution in [3.63, 3.8) is 0 Å². The zero-order chi connectivity index (χ0) is 14.4. The number of benzene rings is 1. The van der Waals surface area contributed by atoms with Crippen LogP contribution in [0, 0.1) is 0 Å². The normalized spacial score (nSPS) is 12.3. The minimum absolute atomic E-state index is 0.0335. The molecule has 1 unspecified atom stereocenters. The minimum Gasteiger partial charge on any atom is -0.336 e. The molecule has 0 fully saturated rings. The molecular weight excluding hydrogens is 283 g/mol. The first-order valence-corrected chi connectivity index (χ1v) is 7.21. The van der Waals surface area contributed by atoms with E-state index in [4.69, 9.17) is 28.9 Å². The van der Waals surface area contributed by atoms with Crippen molar-refractivity contribution >= 4 is 29.1 Å². The minimum atomic E-state index is -0.0335. The third-order valence-electron chi connectivity index (χ3n) is 3.04. The van der Waals surface area contributed by atoms with Crippen molar-refractivity contribution in [3.8, 4) is 0 Å². The van der Waals surface area contributed by atoms with Gasteiger partial charge in [0.15, 0.2) is 0 Å². The summed E-state index contributed by atoms with van der Waals surface area (Å²) >= 11 is 11.9. The zero-order valence-corrected chi connectivity index (χ0v) is 12.8. The van der Waals surface area contributed by atoms with Crippen molar-refractivity contribution in [2.45, 2.75) is 32.7 Å². The number of carbonyl (C=O) groups is 1. The number of hydrogen-bond donors (Lipinski definition) is 1. The average molecular weight is 303 g/mol. The molecule has 1 atom stereocenters. The lowest BCUT2D eigenvalue weighted by Gasteiger charge is -2.29. The Bertz CT molecular complexity index is 437. The van der Waals surface area contributed by atoms with Crippen molar-refractivity contribution in [3.05, 3.63) is 33.8 Å². The van der Waals surface area contributed by atoms with Crippen LogP contribution in [-0.4, -0.2) is 23.9 Å². The van der Waals surface area contributed by atoms with Crippen LogP contribution in [0.25, 0.3) is 0 Å². The second-order valence-electron chi connectivity index (χ2n) is 4.48. The van der Waals surface area contributed by atoms with Gasteiger partial charge in [-0.25, -0.2) is 0 Å². The van der Waals surface area contributed by atoms with E-state index in [1.54, 1.807) is 6.07 Å². The Kier molecular flexibility index (Phi) is 6.63. The Morgan fingerprint density at radius 3 is 2.58 bits per heavy atom. The predicted molar refractivity (Wildman–Crippen MR) is 80.6 cm³/mol. The number of halogens is 2. The largest absolute Gasteiger partial charge is 0.336 e. The Morgan fingerprint density at radius 2 is 2.05 bits per heavy atom. The third-order valence-corrected chi connectivity index (χ3v) is 3.78. The monoisotopic (exact) mass is 302 g/mol. The van der Waals surface area contributed by atoms with Gasteiger partial charge in [0.1, 0.15) is 0 Å². The van der Waals surface area contributed by atoms with Crippen LogP contribution >= 0.6 is 23.2 Å². The lowest BCUT2D eigenvalue weighted by Crippen LogP contribution is -2.35. The summed E-state index contributed by atoms with van der Waals surface area (Å²) in [5.74, 6) is 0.0722. The maximum Gasteiger partial charge on any atom is 0.224 e. The van der Waals surface area contributed by atoms with Crippen molar-refractivity contribution in [2.75, 3.05) is 13.1 Å². The average Bonchev–Trinajstić information content (AvgIpc) is 2.38. The van der Waals surface area contributed by atoms with Crippen LogP contribution < -0.4 is 5.73 Å².